The van der Waals surface area contributed by atoms with Gasteiger partial charge in [-0.3, -0.25) is 0 Å². The lowest BCUT2D eigenvalue weighted by Crippen LogP contribution is -1.95. The average Bonchev–Trinajstić information content (AvgIpc) is 2.89. The Hall–Kier alpha value is -2.35. The molecule has 1 heterocycles. The highest BCUT2D eigenvalue weighted by Gasteiger charge is 2.12. The molecule has 0 aliphatic carbocycles. The van der Waals surface area contributed by atoms with Crippen LogP contribution in [-0.4, -0.2) is 31.3 Å². The summed E-state index contributed by atoms with van der Waals surface area (Å²) in [6.45, 7) is 0. The first-order valence-corrected chi connectivity index (χ1v) is 7.81. The van der Waals surface area contributed by atoms with Gasteiger partial charge in [-0.1, -0.05) is 23.2 Å². The summed E-state index contributed by atoms with van der Waals surface area (Å²) in [5, 5.41) is 30.8. The second-order valence-electron chi connectivity index (χ2n) is 4.78. The molecule has 1 aromatic heterocycles. The van der Waals surface area contributed by atoms with E-state index in [0.717, 1.165) is 0 Å². The summed E-state index contributed by atoms with van der Waals surface area (Å²) in [6.07, 6.45) is 1.47. The van der Waals surface area contributed by atoms with E-state index in [1.54, 1.807) is 24.3 Å². The third-order valence-corrected chi connectivity index (χ3v) is 3.96. The van der Waals surface area contributed by atoms with E-state index in [1.165, 1.54) is 23.0 Å². The van der Waals surface area contributed by atoms with E-state index in [1.807, 2.05) is 0 Å². The minimum absolute atomic E-state index is 0.208. The monoisotopic (exact) mass is 380 g/mol. The van der Waals surface area contributed by atoms with Gasteiger partial charge in [0.05, 0.1) is 11.2 Å². The van der Waals surface area contributed by atoms with Gasteiger partial charge in [-0.15, -0.1) is 0 Å². The van der Waals surface area contributed by atoms with Crippen LogP contribution in [0.5, 0.6) is 11.5 Å². The number of phenols is 2. The highest BCUT2D eigenvalue weighted by Crippen LogP contribution is 2.29. The quantitative estimate of drug-likeness (QED) is 0.360. The molecule has 3 rings (SSSR count). The maximum absolute atomic E-state index is 9.52. The van der Waals surface area contributed by atoms with Crippen LogP contribution in [0, 0.1) is 4.77 Å². The molecule has 0 aliphatic rings. The maximum atomic E-state index is 9.52. The van der Waals surface area contributed by atoms with E-state index in [0.29, 0.717) is 27.0 Å². The predicted molar refractivity (Wildman–Crippen MR) is 95.6 cm³/mol. The molecule has 122 valence electrons. The Labute approximate surface area is 151 Å². The van der Waals surface area contributed by atoms with Crippen LogP contribution in [0.1, 0.15) is 5.56 Å². The molecule has 3 aromatic rings. The molecule has 6 nitrogen and oxygen atoms in total. The Kier molecular flexibility index (Phi) is 4.57. The highest BCUT2D eigenvalue weighted by atomic mass is 35.5. The largest absolute Gasteiger partial charge is 0.504 e. The molecular weight excluding hydrogens is 371 g/mol. The number of hydrogen-bond acceptors (Lipinski definition) is 5. The summed E-state index contributed by atoms with van der Waals surface area (Å²) in [5.41, 5.74) is 1.18. The average molecular weight is 381 g/mol. The van der Waals surface area contributed by atoms with Gasteiger partial charge in [0.25, 0.3) is 0 Å². The number of nitrogens with zero attached hydrogens (tertiary/aromatic N) is 3. The van der Waals surface area contributed by atoms with Gasteiger partial charge in [0, 0.05) is 10.6 Å². The van der Waals surface area contributed by atoms with Gasteiger partial charge in [-0.2, -0.15) is 14.9 Å². The summed E-state index contributed by atoms with van der Waals surface area (Å²) in [5.74, 6) is -0.0302. The summed E-state index contributed by atoms with van der Waals surface area (Å²) in [4.78, 5) is 0. The fraction of sp³-hybridized carbons (Fsp3) is 0. The van der Waals surface area contributed by atoms with Crippen molar-refractivity contribution in [3.63, 3.8) is 0 Å². The highest BCUT2D eigenvalue weighted by molar-refractivity contribution is 7.71. The summed E-state index contributed by atoms with van der Waals surface area (Å²) in [6, 6.07) is 9.33. The molecule has 2 aromatic carbocycles. The lowest BCUT2D eigenvalue weighted by molar-refractivity contribution is 0.403. The molecule has 0 aliphatic heterocycles. The molecule has 3 N–H and O–H groups in total. The van der Waals surface area contributed by atoms with Crippen molar-refractivity contribution in [1.29, 1.82) is 0 Å². The number of hydrogen-bond donors (Lipinski definition) is 3. The molecular formula is C15H10Cl2N4O2S. The van der Waals surface area contributed by atoms with Gasteiger partial charge in [0.15, 0.2) is 17.3 Å². The zero-order chi connectivity index (χ0) is 17.3. The zero-order valence-electron chi connectivity index (χ0n) is 11.9. The number of aromatic hydroxyl groups is 2. The van der Waals surface area contributed by atoms with Crippen molar-refractivity contribution in [3.05, 3.63) is 56.8 Å². The normalized spacial score (nSPS) is 11.2. The van der Waals surface area contributed by atoms with Crippen LogP contribution in [0.2, 0.25) is 10.0 Å². The van der Waals surface area contributed by atoms with Crippen LogP contribution >= 0.6 is 35.4 Å². The molecule has 0 atom stereocenters. The topological polar surface area (TPSA) is 86.4 Å². The third-order valence-electron chi connectivity index (χ3n) is 3.14. The standard InChI is InChI=1S/C15H10Cl2N4O2S/c16-9-2-3-10(11(17)6-9)14-19-20-15(24)21(14)18-7-8-1-4-12(22)13(23)5-8/h1-7,22-23H,(H,20,24). The van der Waals surface area contributed by atoms with Crippen LogP contribution < -0.4 is 0 Å². The van der Waals surface area contributed by atoms with Crippen LogP contribution in [0.3, 0.4) is 0 Å². The lowest BCUT2D eigenvalue weighted by Gasteiger charge is -2.04. The smallest absolute Gasteiger partial charge is 0.216 e. The molecule has 0 saturated carbocycles. The van der Waals surface area contributed by atoms with Crippen LogP contribution in [0.25, 0.3) is 11.4 Å². The van der Waals surface area contributed by atoms with Crippen molar-refractivity contribution >= 4 is 41.6 Å². The number of nitrogens with one attached hydrogen (secondary N) is 1. The number of rotatable bonds is 3. The van der Waals surface area contributed by atoms with E-state index in [-0.39, 0.29) is 16.3 Å². The Bertz CT molecular complexity index is 997. The number of halogens is 2. The zero-order valence-corrected chi connectivity index (χ0v) is 14.3. The molecule has 24 heavy (non-hydrogen) atoms. The van der Waals surface area contributed by atoms with Crippen molar-refractivity contribution in [3.8, 4) is 22.9 Å². The summed E-state index contributed by atoms with van der Waals surface area (Å²) < 4.78 is 1.67. The maximum Gasteiger partial charge on any atom is 0.216 e. The van der Waals surface area contributed by atoms with E-state index in [2.05, 4.69) is 15.3 Å². The SMILES string of the molecule is Oc1ccc(C=Nn2c(-c3ccc(Cl)cc3Cl)n[nH]c2=S)cc1O. The molecule has 0 bridgehead atoms. The van der Waals surface area contributed by atoms with Crippen molar-refractivity contribution in [1.82, 2.24) is 14.9 Å². The van der Waals surface area contributed by atoms with Crippen molar-refractivity contribution in [2.45, 2.75) is 0 Å². The Morgan fingerprint density at radius 1 is 1.12 bits per heavy atom. The van der Waals surface area contributed by atoms with E-state index in [4.69, 9.17) is 35.4 Å². The Morgan fingerprint density at radius 3 is 2.62 bits per heavy atom. The summed E-state index contributed by atoms with van der Waals surface area (Å²) >= 11 is 17.3. The fourth-order valence-electron chi connectivity index (χ4n) is 1.99. The van der Waals surface area contributed by atoms with Gasteiger partial charge in [0.2, 0.25) is 4.77 Å². The van der Waals surface area contributed by atoms with Gasteiger partial charge >= 0.3 is 0 Å². The Morgan fingerprint density at radius 2 is 1.92 bits per heavy atom. The van der Waals surface area contributed by atoms with E-state index >= 15 is 0 Å². The van der Waals surface area contributed by atoms with Crippen molar-refractivity contribution < 1.29 is 10.2 Å². The van der Waals surface area contributed by atoms with Gasteiger partial charge in [-0.25, -0.2) is 5.10 Å². The molecule has 0 fully saturated rings. The lowest BCUT2D eigenvalue weighted by atomic mass is 10.2. The van der Waals surface area contributed by atoms with Gasteiger partial charge in [-0.05, 0) is 54.2 Å². The second-order valence-corrected chi connectivity index (χ2v) is 6.01. The number of benzene rings is 2. The van der Waals surface area contributed by atoms with E-state index < -0.39 is 0 Å². The van der Waals surface area contributed by atoms with Crippen LogP contribution in [-0.2, 0) is 0 Å². The molecule has 0 unspecified atom stereocenters. The second kappa shape index (κ2) is 6.64. The van der Waals surface area contributed by atoms with Crippen molar-refractivity contribution in [2.75, 3.05) is 0 Å². The first-order valence-electron chi connectivity index (χ1n) is 6.65. The van der Waals surface area contributed by atoms with Gasteiger partial charge < -0.3 is 10.2 Å². The van der Waals surface area contributed by atoms with Crippen molar-refractivity contribution in [2.24, 2.45) is 5.10 Å². The molecule has 0 spiro atoms. The minimum Gasteiger partial charge on any atom is -0.504 e. The molecule has 0 radical (unpaired) electrons. The molecule has 0 amide bonds. The Balaban J connectivity index is 2.03. The predicted octanol–water partition coefficient (Wildman–Crippen LogP) is 4.21. The molecule has 0 saturated heterocycles. The van der Waals surface area contributed by atoms with Crippen LogP contribution in [0.4, 0.5) is 0 Å². The third kappa shape index (κ3) is 3.28. The first-order chi connectivity index (χ1) is 11.5. The molecule has 9 heteroatoms. The number of phenolic OH excluding ortho intramolecular Hbond substituents is 2. The number of H-pyrrole nitrogens is 1. The van der Waals surface area contributed by atoms with Crippen LogP contribution in [0.15, 0.2) is 41.5 Å². The van der Waals surface area contributed by atoms with E-state index in [9.17, 15) is 10.2 Å². The number of aromatic nitrogens is 3. The van der Waals surface area contributed by atoms with Gasteiger partial charge in [0.1, 0.15) is 0 Å². The first kappa shape index (κ1) is 16.5. The fourth-order valence-corrected chi connectivity index (χ4v) is 2.66. The number of aromatic amines is 1. The minimum atomic E-state index is -0.240. The summed E-state index contributed by atoms with van der Waals surface area (Å²) in [7, 11) is 0.